The van der Waals surface area contributed by atoms with Gasteiger partial charge in [0.25, 0.3) is 0 Å². The molecular formula is C25H37IN4O2. The van der Waals surface area contributed by atoms with Crippen LogP contribution in [0.15, 0.2) is 53.5 Å². The predicted octanol–water partition coefficient (Wildman–Crippen LogP) is 4.69. The largest absolute Gasteiger partial charge is 0.504 e. The van der Waals surface area contributed by atoms with Crippen molar-refractivity contribution in [3.05, 3.63) is 59.7 Å². The van der Waals surface area contributed by atoms with E-state index in [1.54, 1.807) is 6.07 Å². The number of ether oxygens (including phenoxy) is 1. The molecule has 0 bridgehead atoms. The van der Waals surface area contributed by atoms with Crippen molar-refractivity contribution in [2.24, 2.45) is 4.99 Å². The molecule has 3 rings (SSSR count). The Balaban J connectivity index is 0.00000363. The molecule has 7 heteroatoms. The topological polar surface area (TPSA) is 69.1 Å². The van der Waals surface area contributed by atoms with Crippen LogP contribution < -0.4 is 15.4 Å². The van der Waals surface area contributed by atoms with E-state index in [9.17, 15) is 5.11 Å². The van der Waals surface area contributed by atoms with Crippen LogP contribution in [-0.2, 0) is 6.54 Å². The molecule has 176 valence electrons. The second-order valence-corrected chi connectivity index (χ2v) is 7.97. The third-order valence-corrected chi connectivity index (χ3v) is 5.79. The molecule has 1 aliphatic heterocycles. The van der Waals surface area contributed by atoms with Crippen LogP contribution in [0.1, 0.15) is 50.8 Å². The van der Waals surface area contributed by atoms with Crippen LogP contribution in [-0.4, -0.2) is 48.2 Å². The molecule has 3 N–H and O–H groups in total. The van der Waals surface area contributed by atoms with Crippen LogP contribution in [0.25, 0.3) is 0 Å². The van der Waals surface area contributed by atoms with Crippen molar-refractivity contribution >= 4 is 29.9 Å². The Kier molecular flexibility index (Phi) is 11.1. The minimum atomic E-state index is 0. The predicted molar refractivity (Wildman–Crippen MR) is 142 cm³/mol. The number of likely N-dealkylation sites (tertiary alicyclic amines) is 1. The average Bonchev–Trinajstić information content (AvgIpc) is 2.80. The molecule has 1 heterocycles. The molecule has 1 unspecified atom stereocenters. The number of phenolic OH excluding ortho intramolecular Hbond substituents is 1. The zero-order valence-electron chi connectivity index (χ0n) is 19.4. The molecule has 0 amide bonds. The van der Waals surface area contributed by atoms with Crippen molar-refractivity contribution in [3.8, 4) is 11.5 Å². The fourth-order valence-electron chi connectivity index (χ4n) is 3.99. The standard InChI is InChI=1S/C25H36N4O2.HI/c1-4-26-25(27-18-20-11-12-23(30)24(17-20)31-5-2)28-22-13-15-29(16-14-22)19(3)21-9-7-6-8-10-21;/h6-12,17,19,22,30H,4-5,13-16,18H2,1-3H3,(H2,26,27,28);1H. The molecule has 0 radical (unpaired) electrons. The number of halogens is 1. The van der Waals surface area contributed by atoms with Gasteiger partial charge in [-0.2, -0.15) is 0 Å². The van der Waals surface area contributed by atoms with Gasteiger partial charge < -0.3 is 20.5 Å². The minimum absolute atomic E-state index is 0. The molecule has 6 nitrogen and oxygen atoms in total. The minimum Gasteiger partial charge on any atom is -0.504 e. The maximum absolute atomic E-state index is 9.89. The number of rotatable bonds is 8. The normalized spacial score (nSPS) is 16.2. The van der Waals surface area contributed by atoms with Crippen molar-refractivity contribution < 1.29 is 9.84 Å². The Bertz CT molecular complexity index is 839. The lowest BCUT2D eigenvalue weighted by Crippen LogP contribution is -2.49. The van der Waals surface area contributed by atoms with E-state index in [0.29, 0.717) is 31.0 Å². The van der Waals surface area contributed by atoms with Crippen LogP contribution in [0, 0.1) is 0 Å². The molecule has 0 aliphatic carbocycles. The van der Waals surface area contributed by atoms with Gasteiger partial charge in [0.05, 0.1) is 13.2 Å². The van der Waals surface area contributed by atoms with Crippen LogP contribution in [0.4, 0.5) is 0 Å². The van der Waals surface area contributed by atoms with E-state index in [1.807, 2.05) is 19.1 Å². The van der Waals surface area contributed by atoms with Gasteiger partial charge in [-0.3, -0.25) is 4.90 Å². The second kappa shape index (κ2) is 13.5. The first-order valence-corrected chi connectivity index (χ1v) is 11.4. The highest BCUT2D eigenvalue weighted by Crippen LogP contribution is 2.27. The van der Waals surface area contributed by atoms with Gasteiger partial charge in [-0.05, 0) is 56.9 Å². The average molecular weight is 553 g/mol. The lowest BCUT2D eigenvalue weighted by molar-refractivity contribution is 0.158. The van der Waals surface area contributed by atoms with Crippen molar-refractivity contribution in [1.82, 2.24) is 15.5 Å². The van der Waals surface area contributed by atoms with E-state index in [0.717, 1.165) is 44.0 Å². The SMILES string of the molecule is CCNC(=NCc1ccc(O)c(OCC)c1)NC1CCN(C(C)c2ccccc2)CC1.I. The zero-order chi connectivity index (χ0) is 22.1. The number of guanidine groups is 1. The second-order valence-electron chi connectivity index (χ2n) is 7.97. The molecule has 0 spiro atoms. The van der Waals surface area contributed by atoms with Gasteiger partial charge in [0, 0.05) is 31.7 Å². The van der Waals surface area contributed by atoms with Crippen LogP contribution in [0.5, 0.6) is 11.5 Å². The zero-order valence-corrected chi connectivity index (χ0v) is 21.7. The fraction of sp³-hybridized carbons (Fsp3) is 0.480. The number of hydrogen-bond donors (Lipinski definition) is 3. The van der Waals surface area contributed by atoms with E-state index in [1.165, 1.54) is 5.56 Å². The Morgan fingerprint density at radius 2 is 1.88 bits per heavy atom. The van der Waals surface area contributed by atoms with Crippen molar-refractivity contribution in [2.45, 2.75) is 52.2 Å². The smallest absolute Gasteiger partial charge is 0.191 e. The quantitative estimate of drug-likeness (QED) is 0.252. The summed E-state index contributed by atoms with van der Waals surface area (Å²) in [4.78, 5) is 7.31. The molecule has 2 aromatic rings. The first-order valence-electron chi connectivity index (χ1n) is 11.4. The van der Waals surface area contributed by atoms with Gasteiger partial charge in [-0.25, -0.2) is 4.99 Å². The number of piperidine rings is 1. The molecule has 1 aliphatic rings. The number of aliphatic imine (C=N–C) groups is 1. The number of aromatic hydroxyl groups is 1. The Hall–Kier alpha value is -2.00. The highest BCUT2D eigenvalue weighted by Gasteiger charge is 2.24. The fourth-order valence-corrected chi connectivity index (χ4v) is 3.99. The van der Waals surface area contributed by atoms with Gasteiger partial charge in [0.15, 0.2) is 17.5 Å². The van der Waals surface area contributed by atoms with E-state index in [4.69, 9.17) is 9.73 Å². The summed E-state index contributed by atoms with van der Waals surface area (Å²) >= 11 is 0. The molecule has 32 heavy (non-hydrogen) atoms. The van der Waals surface area contributed by atoms with E-state index in [-0.39, 0.29) is 29.7 Å². The highest BCUT2D eigenvalue weighted by atomic mass is 127. The summed E-state index contributed by atoms with van der Waals surface area (Å²) in [5, 5.41) is 16.9. The maximum Gasteiger partial charge on any atom is 0.191 e. The summed E-state index contributed by atoms with van der Waals surface area (Å²) in [6.07, 6.45) is 2.19. The van der Waals surface area contributed by atoms with Crippen LogP contribution in [0.2, 0.25) is 0 Å². The van der Waals surface area contributed by atoms with Crippen LogP contribution in [0.3, 0.4) is 0 Å². The first kappa shape index (κ1) is 26.3. The summed E-state index contributed by atoms with van der Waals surface area (Å²) in [6, 6.07) is 17.0. The number of phenols is 1. The van der Waals surface area contributed by atoms with Crippen molar-refractivity contribution in [3.63, 3.8) is 0 Å². The molecule has 0 aromatic heterocycles. The van der Waals surface area contributed by atoms with Gasteiger partial charge in [-0.15, -0.1) is 24.0 Å². The van der Waals surface area contributed by atoms with Gasteiger partial charge >= 0.3 is 0 Å². The number of hydrogen-bond acceptors (Lipinski definition) is 4. The Morgan fingerprint density at radius 3 is 2.53 bits per heavy atom. The highest BCUT2D eigenvalue weighted by molar-refractivity contribution is 14.0. The Morgan fingerprint density at radius 1 is 1.16 bits per heavy atom. The molecular weight excluding hydrogens is 515 g/mol. The molecule has 1 saturated heterocycles. The molecule has 0 saturated carbocycles. The monoisotopic (exact) mass is 552 g/mol. The van der Waals surface area contributed by atoms with Gasteiger partial charge in [-0.1, -0.05) is 36.4 Å². The third-order valence-electron chi connectivity index (χ3n) is 5.79. The van der Waals surface area contributed by atoms with E-state index in [2.05, 4.69) is 59.7 Å². The van der Waals surface area contributed by atoms with Gasteiger partial charge in [0.2, 0.25) is 0 Å². The van der Waals surface area contributed by atoms with Crippen LogP contribution >= 0.6 is 24.0 Å². The summed E-state index contributed by atoms with van der Waals surface area (Å²) in [5.74, 6) is 1.51. The summed E-state index contributed by atoms with van der Waals surface area (Å²) in [7, 11) is 0. The lowest BCUT2D eigenvalue weighted by atomic mass is 10.0. The number of benzene rings is 2. The Labute approximate surface area is 209 Å². The van der Waals surface area contributed by atoms with E-state index >= 15 is 0 Å². The maximum atomic E-state index is 9.89. The summed E-state index contributed by atoms with van der Waals surface area (Å²) in [6.45, 7) is 10.3. The van der Waals surface area contributed by atoms with Crippen molar-refractivity contribution in [1.29, 1.82) is 0 Å². The summed E-state index contributed by atoms with van der Waals surface area (Å²) in [5.41, 5.74) is 2.38. The third kappa shape index (κ3) is 7.55. The van der Waals surface area contributed by atoms with E-state index < -0.39 is 0 Å². The number of nitrogens with zero attached hydrogens (tertiary/aromatic N) is 2. The molecule has 1 atom stereocenters. The number of nitrogens with one attached hydrogen (secondary N) is 2. The van der Waals surface area contributed by atoms with Crippen molar-refractivity contribution in [2.75, 3.05) is 26.2 Å². The first-order chi connectivity index (χ1) is 15.1. The van der Waals surface area contributed by atoms with Gasteiger partial charge in [0.1, 0.15) is 0 Å². The molecule has 1 fully saturated rings. The summed E-state index contributed by atoms with van der Waals surface area (Å²) < 4.78 is 5.48. The lowest BCUT2D eigenvalue weighted by Gasteiger charge is -2.37. The molecule has 2 aromatic carbocycles.